The molecule has 0 saturated carbocycles. The summed E-state index contributed by atoms with van der Waals surface area (Å²) < 4.78 is 5.91. The van der Waals surface area contributed by atoms with Gasteiger partial charge in [0.15, 0.2) is 11.6 Å². The Balaban J connectivity index is 2.61. The van der Waals surface area contributed by atoms with Gasteiger partial charge in [-0.2, -0.15) is 0 Å². The van der Waals surface area contributed by atoms with Gasteiger partial charge in [-0.25, -0.2) is 4.98 Å². The van der Waals surface area contributed by atoms with Crippen LogP contribution in [0.15, 0.2) is 22.8 Å². The lowest BCUT2D eigenvalue weighted by molar-refractivity contribution is 0.576. The second kappa shape index (κ2) is 3.98. The summed E-state index contributed by atoms with van der Waals surface area (Å²) in [4.78, 5) is 7.52. The molecule has 15 heavy (non-hydrogen) atoms. The van der Waals surface area contributed by atoms with Gasteiger partial charge in [-0.15, -0.1) is 0 Å². The zero-order chi connectivity index (χ0) is 10.8. The number of hydrogen-bond donors (Lipinski definition) is 1. The van der Waals surface area contributed by atoms with E-state index in [1.54, 1.807) is 6.26 Å². The molecule has 0 aliphatic heterocycles. The van der Waals surface area contributed by atoms with Crippen molar-refractivity contribution in [1.29, 1.82) is 0 Å². The van der Waals surface area contributed by atoms with Crippen LogP contribution in [0.1, 0.15) is 18.2 Å². The fourth-order valence-electron chi connectivity index (χ4n) is 1.46. The van der Waals surface area contributed by atoms with Gasteiger partial charge < -0.3 is 9.40 Å². The minimum Gasteiger partial charge on any atom is -0.461 e. The van der Waals surface area contributed by atoms with Gasteiger partial charge in [0.25, 0.3) is 0 Å². The standard InChI is InChI=1S/C11H12N2OS/c1-3-8-7(2)11(15)13-10(12-8)9-5-4-6-14-9/h4-6H,3H2,1-2H3,(H,12,13,15). The maximum Gasteiger partial charge on any atom is 0.175 e. The molecule has 1 N–H and O–H groups in total. The van der Waals surface area contributed by atoms with Crippen molar-refractivity contribution < 1.29 is 4.42 Å². The normalized spacial score (nSPS) is 10.5. The molecule has 3 nitrogen and oxygen atoms in total. The highest BCUT2D eigenvalue weighted by Crippen LogP contribution is 2.17. The van der Waals surface area contributed by atoms with Crippen LogP contribution in [0, 0.1) is 11.6 Å². The van der Waals surface area contributed by atoms with E-state index in [9.17, 15) is 0 Å². The number of hydrogen-bond acceptors (Lipinski definition) is 3. The maximum atomic E-state index is 5.27. The Morgan fingerprint density at radius 1 is 1.53 bits per heavy atom. The number of H-pyrrole nitrogens is 1. The molecule has 0 fully saturated rings. The Labute approximate surface area is 93.2 Å². The van der Waals surface area contributed by atoms with Crippen LogP contribution in [0.2, 0.25) is 0 Å². The van der Waals surface area contributed by atoms with Crippen molar-refractivity contribution in [2.45, 2.75) is 20.3 Å². The third-order valence-electron chi connectivity index (χ3n) is 2.36. The molecular weight excluding hydrogens is 208 g/mol. The van der Waals surface area contributed by atoms with Crippen molar-refractivity contribution >= 4 is 12.2 Å². The van der Waals surface area contributed by atoms with Gasteiger partial charge in [-0.1, -0.05) is 19.1 Å². The van der Waals surface area contributed by atoms with Gasteiger partial charge in [0.1, 0.15) is 4.64 Å². The van der Waals surface area contributed by atoms with Gasteiger partial charge in [-0.05, 0) is 25.5 Å². The van der Waals surface area contributed by atoms with E-state index in [0.717, 1.165) is 23.4 Å². The molecule has 78 valence electrons. The molecular formula is C11H12N2OS. The van der Waals surface area contributed by atoms with Crippen LogP contribution < -0.4 is 0 Å². The first-order valence-corrected chi connectivity index (χ1v) is 5.27. The van der Waals surface area contributed by atoms with Crippen molar-refractivity contribution in [2.75, 3.05) is 0 Å². The van der Waals surface area contributed by atoms with Gasteiger partial charge >= 0.3 is 0 Å². The molecule has 0 aromatic carbocycles. The van der Waals surface area contributed by atoms with E-state index in [-0.39, 0.29) is 0 Å². The van der Waals surface area contributed by atoms with Gasteiger partial charge in [0.2, 0.25) is 0 Å². The highest BCUT2D eigenvalue weighted by Gasteiger charge is 2.06. The largest absolute Gasteiger partial charge is 0.461 e. The van der Waals surface area contributed by atoms with Gasteiger partial charge in [0.05, 0.1) is 6.26 Å². The molecule has 2 aromatic rings. The lowest BCUT2D eigenvalue weighted by atomic mass is 10.2. The number of furan rings is 1. The molecule has 0 aliphatic carbocycles. The van der Waals surface area contributed by atoms with E-state index in [1.165, 1.54) is 0 Å². The van der Waals surface area contributed by atoms with Crippen molar-refractivity contribution in [3.05, 3.63) is 34.3 Å². The summed E-state index contributed by atoms with van der Waals surface area (Å²) in [6, 6.07) is 3.70. The molecule has 0 unspecified atom stereocenters. The summed E-state index contributed by atoms with van der Waals surface area (Å²) in [5.74, 6) is 1.42. The Hall–Kier alpha value is -1.42. The lowest BCUT2D eigenvalue weighted by Gasteiger charge is -2.05. The first kappa shape index (κ1) is 10.1. The summed E-state index contributed by atoms with van der Waals surface area (Å²) in [7, 11) is 0. The molecule has 0 aliphatic rings. The fraction of sp³-hybridized carbons (Fsp3) is 0.273. The first-order valence-electron chi connectivity index (χ1n) is 4.86. The topological polar surface area (TPSA) is 41.8 Å². The second-order valence-corrected chi connectivity index (χ2v) is 3.71. The fourth-order valence-corrected chi connectivity index (χ4v) is 1.68. The Morgan fingerprint density at radius 3 is 2.93 bits per heavy atom. The van der Waals surface area contributed by atoms with Gasteiger partial charge in [-0.3, -0.25) is 0 Å². The van der Waals surface area contributed by atoms with Crippen molar-refractivity contribution in [3.8, 4) is 11.6 Å². The van der Waals surface area contributed by atoms with Crippen LogP contribution in [-0.4, -0.2) is 9.97 Å². The first-order chi connectivity index (χ1) is 7.22. The number of aromatic amines is 1. The van der Waals surface area contributed by atoms with Crippen LogP contribution in [0.3, 0.4) is 0 Å². The van der Waals surface area contributed by atoms with Crippen LogP contribution >= 0.6 is 12.2 Å². The smallest absolute Gasteiger partial charge is 0.175 e. The number of aryl methyl sites for hydroxylation is 1. The molecule has 0 atom stereocenters. The molecule has 0 spiro atoms. The van der Waals surface area contributed by atoms with E-state index in [0.29, 0.717) is 10.5 Å². The SMILES string of the molecule is CCc1[nH]c(-c2ccco2)nc(=S)c1C. The zero-order valence-corrected chi connectivity index (χ0v) is 9.52. The molecule has 0 radical (unpaired) electrons. The summed E-state index contributed by atoms with van der Waals surface area (Å²) >= 11 is 5.20. The third-order valence-corrected chi connectivity index (χ3v) is 2.76. The predicted octanol–water partition coefficient (Wildman–Crippen LogP) is 3.27. The molecule has 2 aromatic heterocycles. The van der Waals surface area contributed by atoms with E-state index < -0.39 is 0 Å². The Morgan fingerprint density at radius 2 is 2.33 bits per heavy atom. The number of nitrogens with one attached hydrogen (secondary N) is 1. The van der Waals surface area contributed by atoms with E-state index in [2.05, 4.69) is 16.9 Å². The van der Waals surface area contributed by atoms with Crippen LogP contribution in [0.25, 0.3) is 11.6 Å². The summed E-state index contributed by atoms with van der Waals surface area (Å²) in [6.07, 6.45) is 2.53. The molecule has 0 bridgehead atoms. The van der Waals surface area contributed by atoms with Crippen LogP contribution in [-0.2, 0) is 6.42 Å². The van der Waals surface area contributed by atoms with Gasteiger partial charge in [0, 0.05) is 11.3 Å². The average molecular weight is 220 g/mol. The summed E-state index contributed by atoms with van der Waals surface area (Å²) in [5.41, 5.74) is 2.16. The highest BCUT2D eigenvalue weighted by molar-refractivity contribution is 7.71. The lowest BCUT2D eigenvalue weighted by Crippen LogP contribution is -1.98. The Bertz CT molecular complexity index is 514. The minimum absolute atomic E-state index is 0.636. The number of rotatable bonds is 2. The van der Waals surface area contributed by atoms with Crippen molar-refractivity contribution in [1.82, 2.24) is 9.97 Å². The zero-order valence-electron chi connectivity index (χ0n) is 8.70. The minimum atomic E-state index is 0.636. The predicted molar refractivity (Wildman–Crippen MR) is 61.2 cm³/mol. The number of aromatic nitrogens is 2. The average Bonchev–Trinajstić information content (AvgIpc) is 2.75. The second-order valence-electron chi connectivity index (χ2n) is 3.32. The summed E-state index contributed by atoms with van der Waals surface area (Å²) in [5, 5.41) is 0. The van der Waals surface area contributed by atoms with E-state index in [4.69, 9.17) is 16.6 Å². The molecule has 2 rings (SSSR count). The number of nitrogens with zero attached hydrogens (tertiary/aromatic N) is 1. The third kappa shape index (κ3) is 1.85. The van der Waals surface area contributed by atoms with E-state index in [1.807, 2.05) is 19.1 Å². The van der Waals surface area contributed by atoms with Crippen LogP contribution in [0.4, 0.5) is 0 Å². The Kier molecular flexibility index (Phi) is 2.68. The monoisotopic (exact) mass is 220 g/mol. The maximum absolute atomic E-state index is 5.27. The molecule has 2 heterocycles. The highest BCUT2D eigenvalue weighted by atomic mass is 32.1. The van der Waals surface area contributed by atoms with Crippen LogP contribution in [0.5, 0.6) is 0 Å². The van der Waals surface area contributed by atoms with Crippen molar-refractivity contribution in [3.63, 3.8) is 0 Å². The summed E-state index contributed by atoms with van der Waals surface area (Å²) in [6.45, 7) is 4.07. The van der Waals surface area contributed by atoms with E-state index >= 15 is 0 Å². The molecule has 4 heteroatoms. The molecule has 0 amide bonds. The quantitative estimate of drug-likeness (QED) is 0.790. The van der Waals surface area contributed by atoms with Crippen molar-refractivity contribution in [2.24, 2.45) is 0 Å². The molecule has 0 saturated heterocycles.